The van der Waals surface area contributed by atoms with Crippen LogP contribution in [0.2, 0.25) is 0 Å². The van der Waals surface area contributed by atoms with Gasteiger partial charge in [-0.1, -0.05) is 6.42 Å². The summed E-state index contributed by atoms with van der Waals surface area (Å²) < 4.78 is 37.6. The zero-order chi connectivity index (χ0) is 10.1. The van der Waals surface area contributed by atoms with Crippen LogP contribution >= 0.6 is 0 Å². The Balaban J connectivity index is 2.77. The van der Waals surface area contributed by atoms with E-state index in [4.69, 9.17) is 0 Å². The Kier molecular flexibility index (Phi) is 2.61. The number of esters is 1. The molecular formula is C7H11FO4S. The highest BCUT2D eigenvalue weighted by Gasteiger charge is 2.48. The quantitative estimate of drug-likeness (QED) is 0.506. The normalized spacial score (nSPS) is 20.5. The summed E-state index contributed by atoms with van der Waals surface area (Å²) >= 11 is 0. The fraction of sp³-hybridized carbons (Fsp3) is 0.857. The predicted octanol–water partition coefficient (Wildman–Crippen LogP) is 0.629. The van der Waals surface area contributed by atoms with Crippen molar-refractivity contribution < 1.29 is 21.8 Å². The molecule has 1 aliphatic carbocycles. The second-order valence-electron chi connectivity index (χ2n) is 3.31. The predicted molar refractivity (Wildman–Crippen MR) is 43.2 cm³/mol. The molecule has 0 unspecified atom stereocenters. The lowest BCUT2D eigenvalue weighted by atomic mass is 9.70. The highest BCUT2D eigenvalue weighted by atomic mass is 32.3. The van der Waals surface area contributed by atoms with Crippen molar-refractivity contribution in [1.29, 1.82) is 0 Å². The number of methoxy groups -OCH3 is 1. The Labute approximate surface area is 76.3 Å². The minimum absolute atomic E-state index is 0.392. The van der Waals surface area contributed by atoms with E-state index in [-0.39, 0.29) is 0 Å². The molecule has 0 bridgehead atoms. The zero-order valence-corrected chi connectivity index (χ0v) is 8.06. The standard InChI is InChI=1S/C7H11FO4S/c1-12-6(9)7(3-2-4-7)5-13(8,10)11/h2-5H2,1H3. The Morgan fingerprint density at radius 1 is 1.54 bits per heavy atom. The van der Waals surface area contributed by atoms with Gasteiger partial charge < -0.3 is 4.74 Å². The maximum atomic E-state index is 12.4. The molecule has 0 radical (unpaired) electrons. The first-order chi connectivity index (χ1) is 5.90. The molecule has 0 atom stereocenters. The van der Waals surface area contributed by atoms with Crippen molar-refractivity contribution in [3.05, 3.63) is 0 Å². The summed E-state index contributed by atoms with van der Waals surface area (Å²) in [6.45, 7) is 0. The summed E-state index contributed by atoms with van der Waals surface area (Å²) in [5.74, 6) is -1.37. The minimum Gasteiger partial charge on any atom is -0.469 e. The van der Waals surface area contributed by atoms with Crippen LogP contribution in [-0.4, -0.2) is 27.2 Å². The average molecular weight is 210 g/mol. The van der Waals surface area contributed by atoms with Crippen LogP contribution < -0.4 is 0 Å². The first-order valence-electron chi connectivity index (χ1n) is 3.90. The summed E-state index contributed by atoms with van der Waals surface area (Å²) in [7, 11) is -3.42. The van der Waals surface area contributed by atoms with Gasteiger partial charge in [-0.25, -0.2) is 0 Å². The average Bonchev–Trinajstić information content (AvgIpc) is 1.93. The minimum atomic E-state index is -4.60. The van der Waals surface area contributed by atoms with Gasteiger partial charge in [0, 0.05) is 0 Å². The first-order valence-corrected chi connectivity index (χ1v) is 5.46. The number of hydrogen-bond donors (Lipinski definition) is 0. The Bertz CT molecular complexity index is 304. The molecule has 1 rings (SSSR count). The Morgan fingerprint density at radius 2 is 2.08 bits per heavy atom. The smallest absolute Gasteiger partial charge is 0.312 e. The number of rotatable bonds is 3. The van der Waals surface area contributed by atoms with Gasteiger partial charge in [-0.3, -0.25) is 4.79 Å². The topological polar surface area (TPSA) is 60.4 Å². The molecule has 0 amide bonds. The molecule has 0 N–H and O–H groups in total. The van der Waals surface area contributed by atoms with Crippen molar-refractivity contribution in [2.45, 2.75) is 19.3 Å². The van der Waals surface area contributed by atoms with Crippen molar-refractivity contribution in [2.24, 2.45) is 5.41 Å². The van der Waals surface area contributed by atoms with E-state index in [0.29, 0.717) is 12.8 Å². The van der Waals surface area contributed by atoms with Crippen molar-refractivity contribution in [3.63, 3.8) is 0 Å². The van der Waals surface area contributed by atoms with Crippen LogP contribution in [-0.2, 0) is 19.8 Å². The van der Waals surface area contributed by atoms with E-state index in [1.54, 1.807) is 0 Å². The molecule has 13 heavy (non-hydrogen) atoms. The van der Waals surface area contributed by atoms with Crippen LogP contribution in [0.25, 0.3) is 0 Å². The highest BCUT2D eigenvalue weighted by molar-refractivity contribution is 7.86. The molecule has 0 aliphatic heterocycles. The van der Waals surface area contributed by atoms with Gasteiger partial charge in [-0.2, -0.15) is 8.42 Å². The maximum absolute atomic E-state index is 12.4. The number of hydrogen-bond acceptors (Lipinski definition) is 4. The number of carbonyl (C=O) groups is 1. The van der Waals surface area contributed by atoms with Gasteiger partial charge in [0.15, 0.2) is 0 Å². The number of carbonyl (C=O) groups excluding carboxylic acids is 1. The maximum Gasteiger partial charge on any atom is 0.312 e. The second kappa shape index (κ2) is 3.25. The summed E-state index contributed by atoms with van der Waals surface area (Å²) in [4.78, 5) is 11.1. The monoisotopic (exact) mass is 210 g/mol. The van der Waals surface area contributed by atoms with E-state index in [2.05, 4.69) is 4.74 Å². The second-order valence-corrected chi connectivity index (χ2v) is 4.68. The van der Waals surface area contributed by atoms with Gasteiger partial charge in [-0.15, -0.1) is 3.89 Å². The largest absolute Gasteiger partial charge is 0.469 e. The lowest BCUT2D eigenvalue weighted by Gasteiger charge is -2.37. The number of halogens is 1. The van der Waals surface area contributed by atoms with E-state index >= 15 is 0 Å². The molecule has 76 valence electrons. The molecule has 0 saturated heterocycles. The third-order valence-corrected chi connectivity index (χ3v) is 3.28. The molecule has 1 saturated carbocycles. The Hall–Kier alpha value is -0.650. The molecule has 4 nitrogen and oxygen atoms in total. The molecule has 0 spiro atoms. The van der Waals surface area contributed by atoms with E-state index < -0.39 is 27.4 Å². The molecule has 1 fully saturated rings. The van der Waals surface area contributed by atoms with Crippen LogP contribution in [0.15, 0.2) is 0 Å². The third-order valence-electron chi connectivity index (χ3n) is 2.38. The Morgan fingerprint density at radius 3 is 2.31 bits per heavy atom. The highest BCUT2D eigenvalue weighted by Crippen LogP contribution is 2.43. The fourth-order valence-electron chi connectivity index (χ4n) is 1.56. The number of ether oxygens (including phenoxy) is 1. The van der Waals surface area contributed by atoms with E-state index in [1.165, 1.54) is 7.11 Å². The van der Waals surface area contributed by atoms with Crippen LogP contribution in [0, 0.1) is 5.41 Å². The summed E-state index contributed by atoms with van der Waals surface area (Å²) in [5.41, 5.74) is -1.11. The molecule has 0 aromatic rings. The van der Waals surface area contributed by atoms with Crippen molar-refractivity contribution in [2.75, 3.05) is 12.9 Å². The lowest BCUT2D eigenvalue weighted by Crippen LogP contribution is -2.43. The van der Waals surface area contributed by atoms with E-state index in [9.17, 15) is 17.1 Å². The van der Waals surface area contributed by atoms with Crippen LogP contribution in [0.1, 0.15) is 19.3 Å². The van der Waals surface area contributed by atoms with Crippen LogP contribution in [0.5, 0.6) is 0 Å². The van der Waals surface area contributed by atoms with E-state index in [1.807, 2.05) is 0 Å². The molecule has 1 aliphatic rings. The first kappa shape index (κ1) is 10.4. The SMILES string of the molecule is COC(=O)C1(CS(=O)(=O)F)CCC1. The summed E-state index contributed by atoms with van der Waals surface area (Å²) in [6, 6.07) is 0. The van der Waals surface area contributed by atoms with Gasteiger partial charge in [0.05, 0.1) is 18.3 Å². The van der Waals surface area contributed by atoms with E-state index in [0.717, 1.165) is 6.42 Å². The fourth-order valence-corrected chi connectivity index (χ4v) is 2.62. The van der Waals surface area contributed by atoms with Crippen molar-refractivity contribution >= 4 is 16.2 Å². The molecule has 0 heterocycles. The molecule has 0 aromatic heterocycles. The van der Waals surface area contributed by atoms with Crippen molar-refractivity contribution in [3.8, 4) is 0 Å². The van der Waals surface area contributed by atoms with Gasteiger partial charge >= 0.3 is 16.2 Å². The molecule has 0 aromatic carbocycles. The van der Waals surface area contributed by atoms with Gasteiger partial charge in [0.1, 0.15) is 0 Å². The van der Waals surface area contributed by atoms with Crippen LogP contribution in [0.4, 0.5) is 3.89 Å². The zero-order valence-electron chi connectivity index (χ0n) is 7.25. The van der Waals surface area contributed by atoms with Gasteiger partial charge in [-0.05, 0) is 12.8 Å². The summed E-state index contributed by atoms with van der Waals surface area (Å²) in [6.07, 6.45) is 1.52. The van der Waals surface area contributed by atoms with Gasteiger partial charge in [0.25, 0.3) is 0 Å². The molecular weight excluding hydrogens is 199 g/mol. The van der Waals surface area contributed by atoms with Crippen molar-refractivity contribution in [1.82, 2.24) is 0 Å². The van der Waals surface area contributed by atoms with Crippen LogP contribution in [0.3, 0.4) is 0 Å². The van der Waals surface area contributed by atoms with Gasteiger partial charge in [0.2, 0.25) is 0 Å². The summed E-state index contributed by atoms with van der Waals surface area (Å²) in [5, 5.41) is 0. The third kappa shape index (κ3) is 2.18. The molecule has 6 heteroatoms. The lowest BCUT2D eigenvalue weighted by molar-refractivity contribution is -0.156.